The van der Waals surface area contributed by atoms with Crippen LogP contribution in [0.4, 0.5) is 0 Å². The largest absolute Gasteiger partial charge is 0.477 e. The van der Waals surface area contributed by atoms with Crippen molar-refractivity contribution in [3.8, 4) is 0 Å². The van der Waals surface area contributed by atoms with Gasteiger partial charge in [-0.05, 0) is 23.9 Å². The lowest BCUT2D eigenvalue weighted by Crippen LogP contribution is -2.34. The summed E-state index contributed by atoms with van der Waals surface area (Å²) in [5.74, 6) is -1.32. The smallest absolute Gasteiger partial charge is 0.346 e. The Kier molecular flexibility index (Phi) is 4.36. The molecule has 106 valence electrons. The maximum absolute atomic E-state index is 11.4. The molecule has 1 heterocycles. The Morgan fingerprint density at radius 2 is 2.10 bits per heavy atom. The average molecular weight is 293 g/mol. The van der Waals surface area contributed by atoms with Gasteiger partial charge in [0.05, 0.1) is 7.11 Å². The number of esters is 1. The summed E-state index contributed by atoms with van der Waals surface area (Å²) < 4.78 is 5.56. The molecule has 1 unspecified atom stereocenters. The van der Waals surface area contributed by atoms with E-state index in [0.29, 0.717) is 17.0 Å². The molecule has 1 aromatic carbocycles. The lowest BCUT2D eigenvalue weighted by molar-refractivity contribution is -0.142. The molecule has 0 aliphatic rings. The molecule has 0 saturated heterocycles. The van der Waals surface area contributed by atoms with Gasteiger partial charge in [-0.3, -0.25) is 4.79 Å². The van der Waals surface area contributed by atoms with Gasteiger partial charge >= 0.3 is 11.9 Å². The molecule has 0 spiro atoms. The minimum Gasteiger partial charge on any atom is -0.477 e. The summed E-state index contributed by atoms with van der Waals surface area (Å²) in [5, 5.41) is 13.2. The van der Waals surface area contributed by atoms with Crippen LogP contribution in [0.1, 0.15) is 22.2 Å². The molecule has 2 N–H and O–H groups in total. The van der Waals surface area contributed by atoms with E-state index in [4.69, 9.17) is 0 Å². The molecule has 0 radical (unpaired) electrons. The zero-order valence-corrected chi connectivity index (χ0v) is 12.0. The van der Waals surface area contributed by atoms with Crippen LogP contribution in [0.3, 0.4) is 0 Å². The van der Waals surface area contributed by atoms with Gasteiger partial charge in [-0.15, -0.1) is 11.3 Å². The molecule has 0 amide bonds. The fourth-order valence-electron chi connectivity index (χ4n) is 1.96. The molecule has 2 aromatic rings. The monoisotopic (exact) mass is 293 g/mol. The minimum absolute atomic E-state index is 0.302. The number of ether oxygens (including phenoxy) is 1. The number of methoxy groups -OCH3 is 1. The number of carbonyl (C=O) groups is 2. The van der Waals surface area contributed by atoms with Crippen LogP contribution >= 0.6 is 11.3 Å². The number of aromatic carboxylic acids is 1. The number of fused-ring (bicyclic) bond motifs is 1. The zero-order valence-electron chi connectivity index (χ0n) is 11.2. The number of rotatable bonds is 5. The first-order chi connectivity index (χ1) is 9.54. The van der Waals surface area contributed by atoms with Crippen LogP contribution in [0.25, 0.3) is 10.1 Å². The van der Waals surface area contributed by atoms with Crippen molar-refractivity contribution in [2.45, 2.75) is 19.5 Å². The lowest BCUT2D eigenvalue weighted by atomic mass is 10.1. The summed E-state index contributed by atoms with van der Waals surface area (Å²) in [6.45, 7) is 1.99. The third-order valence-electron chi connectivity index (χ3n) is 3.03. The van der Waals surface area contributed by atoms with Gasteiger partial charge in [0.2, 0.25) is 0 Å². The summed E-state index contributed by atoms with van der Waals surface area (Å²) in [4.78, 5) is 23.0. The van der Waals surface area contributed by atoms with Crippen molar-refractivity contribution in [1.82, 2.24) is 5.32 Å². The van der Waals surface area contributed by atoms with E-state index in [1.807, 2.05) is 24.3 Å². The Bertz CT molecular complexity index is 650. The van der Waals surface area contributed by atoms with Crippen molar-refractivity contribution >= 4 is 33.4 Å². The number of carbonyl (C=O) groups excluding carboxylic acids is 1. The Morgan fingerprint density at radius 1 is 1.40 bits per heavy atom. The van der Waals surface area contributed by atoms with E-state index in [2.05, 4.69) is 10.1 Å². The molecule has 0 aliphatic heterocycles. The number of thiophene rings is 1. The van der Waals surface area contributed by atoms with E-state index in [9.17, 15) is 14.7 Å². The second-order valence-electron chi connectivity index (χ2n) is 4.34. The number of benzene rings is 1. The molecule has 6 heteroatoms. The number of hydrogen-bond donors (Lipinski definition) is 2. The van der Waals surface area contributed by atoms with Crippen molar-refractivity contribution in [3.05, 3.63) is 34.7 Å². The summed E-state index contributed by atoms with van der Waals surface area (Å²) in [7, 11) is 1.32. The number of nitrogens with one attached hydrogen (secondary N) is 1. The van der Waals surface area contributed by atoms with Crippen molar-refractivity contribution in [3.63, 3.8) is 0 Å². The topological polar surface area (TPSA) is 75.6 Å². The van der Waals surface area contributed by atoms with Crippen LogP contribution in [-0.2, 0) is 16.1 Å². The average Bonchev–Trinajstić information content (AvgIpc) is 2.82. The maximum atomic E-state index is 11.4. The van der Waals surface area contributed by atoms with Crippen LogP contribution in [0.2, 0.25) is 0 Å². The first-order valence-electron chi connectivity index (χ1n) is 6.09. The van der Waals surface area contributed by atoms with Crippen LogP contribution in [0.15, 0.2) is 24.3 Å². The second-order valence-corrected chi connectivity index (χ2v) is 5.39. The first-order valence-corrected chi connectivity index (χ1v) is 6.91. The molecule has 0 fully saturated rings. The summed E-state index contributed by atoms with van der Waals surface area (Å²) in [6, 6.07) is 7.03. The quantitative estimate of drug-likeness (QED) is 0.827. The van der Waals surface area contributed by atoms with Crippen LogP contribution in [-0.4, -0.2) is 30.2 Å². The maximum Gasteiger partial charge on any atom is 0.346 e. The van der Waals surface area contributed by atoms with Crippen molar-refractivity contribution in [2.24, 2.45) is 0 Å². The van der Waals surface area contributed by atoms with Gasteiger partial charge in [0, 0.05) is 11.2 Å². The Labute approximate surface area is 120 Å². The Morgan fingerprint density at radius 3 is 2.75 bits per heavy atom. The SMILES string of the molecule is COC(=O)C(C)NCc1c(C(=O)O)sc2ccccc12. The predicted octanol–water partition coefficient (Wildman–Crippen LogP) is 2.25. The van der Waals surface area contributed by atoms with E-state index >= 15 is 0 Å². The highest BCUT2D eigenvalue weighted by Gasteiger charge is 2.19. The molecule has 0 bridgehead atoms. The summed E-state index contributed by atoms with van der Waals surface area (Å²) in [6.07, 6.45) is 0. The van der Waals surface area contributed by atoms with Gasteiger partial charge in [-0.1, -0.05) is 18.2 Å². The minimum atomic E-state index is -0.950. The highest BCUT2D eigenvalue weighted by Crippen LogP contribution is 2.31. The van der Waals surface area contributed by atoms with E-state index in [1.165, 1.54) is 18.4 Å². The summed E-state index contributed by atoms with van der Waals surface area (Å²) >= 11 is 1.24. The van der Waals surface area contributed by atoms with Gasteiger partial charge in [-0.2, -0.15) is 0 Å². The van der Waals surface area contributed by atoms with E-state index in [-0.39, 0.29) is 5.97 Å². The highest BCUT2D eigenvalue weighted by atomic mass is 32.1. The normalized spacial score (nSPS) is 12.3. The van der Waals surface area contributed by atoms with Crippen LogP contribution in [0, 0.1) is 0 Å². The van der Waals surface area contributed by atoms with Crippen molar-refractivity contribution in [1.29, 1.82) is 0 Å². The van der Waals surface area contributed by atoms with E-state index in [1.54, 1.807) is 6.92 Å². The third-order valence-corrected chi connectivity index (χ3v) is 4.23. The van der Waals surface area contributed by atoms with Gasteiger partial charge in [0.25, 0.3) is 0 Å². The Hall–Kier alpha value is -1.92. The highest BCUT2D eigenvalue weighted by molar-refractivity contribution is 7.21. The van der Waals surface area contributed by atoms with E-state index < -0.39 is 12.0 Å². The van der Waals surface area contributed by atoms with Gasteiger partial charge < -0.3 is 15.2 Å². The molecule has 1 aromatic heterocycles. The molecular formula is C14H15NO4S. The standard InChI is InChI=1S/C14H15NO4S/c1-8(14(18)19-2)15-7-10-9-5-3-4-6-11(9)20-12(10)13(16)17/h3-6,8,15H,7H2,1-2H3,(H,16,17). The summed E-state index contributed by atoms with van der Waals surface area (Å²) in [5.41, 5.74) is 0.703. The van der Waals surface area contributed by atoms with Crippen LogP contribution in [0.5, 0.6) is 0 Å². The molecule has 0 saturated carbocycles. The zero-order chi connectivity index (χ0) is 14.7. The molecule has 1 atom stereocenters. The number of hydrogen-bond acceptors (Lipinski definition) is 5. The van der Waals surface area contributed by atoms with Crippen molar-refractivity contribution in [2.75, 3.05) is 7.11 Å². The molecule has 2 rings (SSSR count). The first kappa shape index (κ1) is 14.5. The fourth-order valence-corrected chi connectivity index (χ4v) is 3.02. The molecule has 0 aliphatic carbocycles. The molecule has 5 nitrogen and oxygen atoms in total. The predicted molar refractivity (Wildman–Crippen MR) is 77.1 cm³/mol. The number of carboxylic acids is 1. The second kappa shape index (κ2) is 6.02. The van der Waals surface area contributed by atoms with Gasteiger partial charge in [-0.25, -0.2) is 4.79 Å². The van der Waals surface area contributed by atoms with E-state index in [0.717, 1.165) is 10.1 Å². The fraction of sp³-hybridized carbons (Fsp3) is 0.286. The third kappa shape index (κ3) is 2.81. The van der Waals surface area contributed by atoms with Gasteiger partial charge in [0.15, 0.2) is 0 Å². The molecular weight excluding hydrogens is 278 g/mol. The lowest BCUT2D eigenvalue weighted by Gasteiger charge is -2.11. The Balaban J connectivity index is 2.30. The number of carboxylic acid groups (broad SMARTS) is 1. The van der Waals surface area contributed by atoms with Crippen LogP contribution < -0.4 is 5.32 Å². The van der Waals surface area contributed by atoms with Crippen molar-refractivity contribution < 1.29 is 19.4 Å². The van der Waals surface area contributed by atoms with Gasteiger partial charge in [0.1, 0.15) is 10.9 Å². The molecule has 20 heavy (non-hydrogen) atoms.